The van der Waals surface area contributed by atoms with E-state index in [0.717, 1.165) is 47.1 Å². The van der Waals surface area contributed by atoms with Crippen LogP contribution in [0.1, 0.15) is 17.7 Å². The number of furan rings is 1. The molecule has 0 bridgehead atoms. The molecule has 94 valence electrons. The molecule has 0 saturated carbocycles. The zero-order valence-corrected chi connectivity index (χ0v) is 10.9. The topological polar surface area (TPSA) is 38.9 Å². The van der Waals surface area contributed by atoms with Gasteiger partial charge in [0, 0.05) is 16.6 Å². The van der Waals surface area contributed by atoms with Gasteiger partial charge in [0.25, 0.3) is 0 Å². The van der Waals surface area contributed by atoms with E-state index >= 15 is 0 Å². The summed E-state index contributed by atoms with van der Waals surface area (Å²) >= 11 is 6.26. The van der Waals surface area contributed by atoms with Crippen LogP contribution in [-0.4, -0.2) is 9.97 Å². The fourth-order valence-corrected chi connectivity index (χ4v) is 2.94. The fourth-order valence-electron chi connectivity index (χ4n) is 2.66. The lowest BCUT2D eigenvalue weighted by Gasteiger charge is -2.04. The van der Waals surface area contributed by atoms with Crippen molar-refractivity contribution in [1.29, 1.82) is 0 Å². The Kier molecular flexibility index (Phi) is 2.35. The van der Waals surface area contributed by atoms with E-state index < -0.39 is 0 Å². The van der Waals surface area contributed by atoms with Crippen LogP contribution < -0.4 is 0 Å². The Morgan fingerprint density at radius 3 is 2.95 bits per heavy atom. The van der Waals surface area contributed by atoms with Crippen molar-refractivity contribution in [2.75, 3.05) is 0 Å². The first-order valence-corrected chi connectivity index (χ1v) is 6.72. The van der Waals surface area contributed by atoms with Gasteiger partial charge in [0.15, 0.2) is 5.82 Å². The molecule has 4 heteroatoms. The minimum atomic E-state index is 0.586. The maximum atomic E-state index is 6.26. The first kappa shape index (κ1) is 11.0. The summed E-state index contributed by atoms with van der Waals surface area (Å²) in [6, 6.07) is 7.88. The lowest BCUT2D eigenvalue weighted by Crippen LogP contribution is -1.96. The number of hydrogen-bond donors (Lipinski definition) is 0. The SMILES string of the molecule is Clc1nc(-c2coc3ccccc23)nc2c1CCC2. The van der Waals surface area contributed by atoms with Crippen LogP contribution in [0.4, 0.5) is 0 Å². The van der Waals surface area contributed by atoms with Gasteiger partial charge in [0.1, 0.15) is 17.0 Å². The molecule has 0 N–H and O–H groups in total. The first-order chi connectivity index (χ1) is 9.33. The largest absolute Gasteiger partial charge is 0.464 e. The van der Waals surface area contributed by atoms with E-state index in [2.05, 4.69) is 9.97 Å². The Balaban J connectivity index is 1.95. The van der Waals surface area contributed by atoms with Crippen molar-refractivity contribution in [1.82, 2.24) is 9.97 Å². The van der Waals surface area contributed by atoms with Crippen LogP contribution in [0.3, 0.4) is 0 Å². The number of para-hydroxylation sites is 1. The van der Waals surface area contributed by atoms with Gasteiger partial charge < -0.3 is 4.42 Å². The van der Waals surface area contributed by atoms with Gasteiger partial charge in [0.05, 0.1) is 5.56 Å². The molecule has 2 heterocycles. The molecular weight excluding hydrogens is 260 g/mol. The summed E-state index contributed by atoms with van der Waals surface area (Å²) in [6.07, 6.45) is 4.79. The highest BCUT2D eigenvalue weighted by atomic mass is 35.5. The molecule has 4 rings (SSSR count). The number of halogens is 1. The van der Waals surface area contributed by atoms with Crippen LogP contribution in [-0.2, 0) is 12.8 Å². The molecule has 0 atom stereocenters. The van der Waals surface area contributed by atoms with E-state index in [4.69, 9.17) is 16.0 Å². The molecule has 0 saturated heterocycles. The average molecular weight is 271 g/mol. The van der Waals surface area contributed by atoms with Crippen molar-refractivity contribution in [2.24, 2.45) is 0 Å². The molecule has 1 aromatic carbocycles. The predicted octanol–water partition coefficient (Wildman–Crippen LogP) is 4.03. The molecule has 0 fully saturated rings. The molecule has 1 aliphatic carbocycles. The molecule has 3 aromatic rings. The summed E-state index contributed by atoms with van der Waals surface area (Å²) in [4.78, 5) is 9.08. The van der Waals surface area contributed by atoms with Crippen molar-refractivity contribution >= 4 is 22.6 Å². The molecular formula is C15H11ClN2O. The van der Waals surface area contributed by atoms with Crippen molar-refractivity contribution in [3.63, 3.8) is 0 Å². The van der Waals surface area contributed by atoms with Gasteiger partial charge in [-0.25, -0.2) is 9.97 Å². The normalized spacial score (nSPS) is 13.9. The van der Waals surface area contributed by atoms with Crippen LogP contribution in [0.15, 0.2) is 34.9 Å². The molecule has 1 aliphatic rings. The summed E-state index contributed by atoms with van der Waals surface area (Å²) < 4.78 is 5.54. The molecule has 0 aliphatic heterocycles. The van der Waals surface area contributed by atoms with E-state index in [1.807, 2.05) is 24.3 Å². The van der Waals surface area contributed by atoms with Crippen LogP contribution in [0.2, 0.25) is 5.15 Å². The Labute approximate surface area is 115 Å². The molecule has 3 nitrogen and oxygen atoms in total. The summed E-state index contributed by atoms with van der Waals surface area (Å²) in [5.41, 5.74) is 3.95. The van der Waals surface area contributed by atoms with Gasteiger partial charge in [-0.05, 0) is 25.3 Å². The van der Waals surface area contributed by atoms with Gasteiger partial charge in [-0.2, -0.15) is 0 Å². The standard InChI is InChI=1S/C15H11ClN2O/c16-14-10-5-3-6-12(10)17-15(18-14)11-8-19-13-7-2-1-4-9(11)13/h1-2,4,7-8H,3,5-6H2. The zero-order valence-electron chi connectivity index (χ0n) is 10.2. The second-order valence-corrected chi connectivity index (χ2v) is 5.12. The predicted molar refractivity (Wildman–Crippen MR) is 74.3 cm³/mol. The van der Waals surface area contributed by atoms with Crippen molar-refractivity contribution in [3.8, 4) is 11.4 Å². The smallest absolute Gasteiger partial charge is 0.164 e. The Bertz CT molecular complexity index is 779. The number of aryl methyl sites for hydroxylation is 1. The van der Waals surface area contributed by atoms with Crippen molar-refractivity contribution < 1.29 is 4.42 Å². The monoisotopic (exact) mass is 270 g/mol. The number of aromatic nitrogens is 2. The first-order valence-electron chi connectivity index (χ1n) is 6.35. The van der Waals surface area contributed by atoms with E-state index in [1.165, 1.54) is 0 Å². The highest BCUT2D eigenvalue weighted by molar-refractivity contribution is 6.30. The third-order valence-corrected chi connectivity index (χ3v) is 3.92. The molecule has 0 amide bonds. The zero-order chi connectivity index (χ0) is 12.8. The van der Waals surface area contributed by atoms with E-state index in [9.17, 15) is 0 Å². The Morgan fingerprint density at radius 2 is 2.00 bits per heavy atom. The summed E-state index contributed by atoms with van der Waals surface area (Å²) in [5.74, 6) is 0.663. The molecule has 19 heavy (non-hydrogen) atoms. The molecule has 0 spiro atoms. The maximum Gasteiger partial charge on any atom is 0.164 e. The highest BCUT2D eigenvalue weighted by Gasteiger charge is 2.20. The Hall–Kier alpha value is -1.87. The number of hydrogen-bond acceptors (Lipinski definition) is 3. The van der Waals surface area contributed by atoms with Gasteiger partial charge in [-0.15, -0.1) is 0 Å². The van der Waals surface area contributed by atoms with Crippen LogP contribution in [0.25, 0.3) is 22.4 Å². The third kappa shape index (κ3) is 1.65. The molecule has 2 aromatic heterocycles. The maximum absolute atomic E-state index is 6.26. The van der Waals surface area contributed by atoms with E-state index in [0.29, 0.717) is 11.0 Å². The average Bonchev–Trinajstić information content (AvgIpc) is 3.04. The number of rotatable bonds is 1. The van der Waals surface area contributed by atoms with Crippen LogP contribution in [0, 0.1) is 0 Å². The van der Waals surface area contributed by atoms with E-state index in [1.54, 1.807) is 6.26 Å². The van der Waals surface area contributed by atoms with E-state index in [-0.39, 0.29) is 0 Å². The minimum absolute atomic E-state index is 0.586. The molecule has 0 radical (unpaired) electrons. The van der Waals surface area contributed by atoms with Gasteiger partial charge in [-0.1, -0.05) is 29.8 Å². The Morgan fingerprint density at radius 1 is 1.11 bits per heavy atom. The van der Waals surface area contributed by atoms with Crippen LogP contribution >= 0.6 is 11.6 Å². The summed E-state index contributed by atoms with van der Waals surface area (Å²) in [6.45, 7) is 0. The van der Waals surface area contributed by atoms with Crippen molar-refractivity contribution in [3.05, 3.63) is 46.9 Å². The number of nitrogens with zero attached hydrogens (tertiary/aromatic N) is 2. The van der Waals surface area contributed by atoms with Crippen molar-refractivity contribution in [2.45, 2.75) is 19.3 Å². The fraction of sp³-hybridized carbons (Fsp3) is 0.200. The minimum Gasteiger partial charge on any atom is -0.464 e. The van der Waals surface area contributed by atoms with Gasteiger partial charge in [-0.3, -0.25) is 0 Å². The van der Waals surface area contributed by atoms with Gasteiger partial charge in [0.2, 0.25) is 0 Å². The number of fused-ring (bicyclic) bond motifs is 2. The third-order valence-electron chi connectivity index (χ3n) is 3.60. The summed E-state index contributed by atoms with van der Waals surface area (Å²) in [7, 11) is 0. The summed E-state index contributed by atoms with van der Waals surface area (Å²) in [5, 5.41) is 1.61. The van der Waals surface area contributed by atoms with Gasteiger partial charge >= 0.3 is 0 Å². The number of benzene rings is 1. The lowest BCUT2D eigenvalue weighted by molar-refractivity contribution is 0.616. The molecule has 0 unspecified atom stereocenters. The second-order valence-electron chi connectivity index (χ2n) is 4.76. The highest BCUT2D eigenvalue weighted by Crippen LogP contribution is 2.32. The lowest BCUT2D eigenvalue weighted by atomic mass is 10.1. The second kappa shape index (κ2) is 4.07. The quantitative estimate of drug-likeness (QED) is 0.627. The van der Waals surface area contributed by atoms with Crippen LogP contribution in [0.5, 0.6) is 0 Å².